The summed E-state index contributed by atoms with van der Waals surface area (Å²) in [7, 11) is 0. The topological polar surface area (TPSA) is 35.5 Å². The number of Topliss-reactive ketones (excluding diaryl/α,β-unsaturated/α-hetero) is 1. The molecule has 2 aromatic carbocycles. The van der Waals surface area contributed by atoms with E-state index >= 15 is 0 Å². The quantitative estimate of drug-likeness (QED) is 0.625. The van der Waals surface area contributed by atoms with Gasteiger partial charge in [-0.05, 0) is 31.5 Å². The third-order valence-electron chi connectivity index (χ3n) is 3.49. The molecule has 2 aromatic rings. The smallest absolute Gasteiger partial charge is 0.199 e. The van der Waals surface area contributed by atoms with Crippen LogP contribution in [0.25, 0.3) is 0 Å². The lowest BCUT2D eigenvalue weighted by Crippen LogP contribution is -2.24. The number of hydrogen-bond acceptors (Lipinski definition) is 3. The highest BCUT2D eigenvalue weighted by Crippen LogP contribution is 2.38. The maximum absolute atomic E-state index is 12.8. The average Bonchev–Trinajstić information content (AvgIpc) is 2.54. The fourth-order valence-electron chi connectivity index (χ4n) is 2.42. The standard InChI is InChI=1S/C19H18O3/c1-13(2)21-12-16-18(20)15-10-6-7-11-17(15)22-19(16)14-8-4-3-5-9-14/h3-13,19H,1-2H3/b16-12+. The van der Waals surface area contributed by atoms with Crippen LogP contribution in [-0.2, 0) is 4.74 Å². The molecule has 0 saturated carbocycles. The Balaban J connectivity index is 2.06. The summed E-state index contributed by atoms with van der Waals surface area (Å²) in [5.74, 6) is 0.569. The Hall–Kier alpha value is -2.55. The third-order valence-corrected chi connectivity index (χ3v) is 3.49. The van der Waals surface area contributed by atoms with Gasteiger partial charge in [-0.2, -0.15) is 0 Å². The van der Waals surface area contributed by atoms with Crippen molar-refractivity contribution < 1.29 is 14.3 Å². The molecule has 0 bridgehead atoms. The van der Waals surface area contributed by atoms with E-state index in [9.17, 15) is 4.79 Å². The predicted molar refractivity (Wildman–Crippen MR) is 84.9 cm³/mol. The number of rotatable bonds is 3. The average molecular weight is 294 g/mol. The Morgan fingerprint density at radius 3 is 2.45 bits per heavy atom. The molecule has 0 aromatic heterocycles. The molecule has 1 heterocycles. The molecule has 0 spiro atoms. The highest BCUT2D eigenvalue weighted by Gasteiger charge is 2.33. The minimum Gasteiger partial charge on any atom is -0.498 e. The second-order valence-corrected chi connectivity index (χ2v) is 5.49. The normalized spacial score (nSPS) is 19.0. The summed E-state index contributed by atoms with van der Waals surface area (Å²) in [6.45, 7) is 3.85. The fraction of sp³-hybridized carbons (Fsp3) is 0.211. The van der Waals surface area contributed by atoms with Gasteiger partial charge in [-0.15, -0.1) is 0 Å². The van der Waals surface area contributed by atoms with Crippen LogP contribution < -0.4 is 4.74 Å². The molecular weight excluding hydrogens is 276 g/mol. The first-order valence-electron chi connectivity index (χ1n) is 7.37. The van der Waals surface area contributed by atoms with E-state index in [1.165, 1.54) is 0 Å². The molecule has 0 radical (unpaired) electrons. The molecule has 3 rings (SSSR count). The molecule has 0 amide bonds. The first-order chi connectivity index (χ1) is 10.7. The first-order valence-corrected chi connectivity index (χ1v) is 7.37. The Labute approximate surface area is 130 Å². The zero-order valence-corrected chi connectivity index (χ0v) is 12.7. The Morgan fingerprint density at radius 2 is 1.73 bits per heavy atom. The number of ether oxygens (including phenoxy) is 2. The van der Waals surface area contributed by atoms with Gasteiger partial charge in [0.1, 0.15) is 5.75 Å². The van der Waals surface area contributed by atoms with Crippen molar-refractivity contribution in [3.63, 3.8) is 0 Å². The van der Waals surface area contributed by atoms with Crippen molar-refractivity contribution in [2.24, 2.45) is 0 Å². The summed E-state index contributed by atoms with van der Waals surface area (Å²) in [4.78, 5) is 12.8. The maximum Gasteiger partial charge on any atom is 0.199 e. The highest BCUT2D eigenvalue weighted by molar-refractivity contribution is 6.12. The monoisotopic (exact) mass is 294 g/mol. The van der Waals surface area contributed by atoms with Gasteiger partial charge in [-0.25, -0.2) is 0 Å². The number of benzene rings is 2. The van der Waals surface area contributed by atoms with Crippen molar-refractivity contribution in [2.45, 2.75) is 26.1 Å². The summed E-state index contributed by atoms with van der Waals surface area (Å²) >= 11 is 0. The van der Waals surface area contributed by atoms with E-state index in [0.717, 1.165) is 5.56 Å². The van der Waals surface area contributed by atoms with Crippen LogP contribution >= 0.6 is 0 Å². The van der Waals surface area contributed by atoms with Crippen molar-refractivity contribution in [1.29, 1.82) is 0 Å². The van der Waals surface area contributed by atoms with Crippen LogP contribution in [0.2, 0.25) is 0 Å². The van der Waals surface area contributed by atoms with Crippen molar-refractivity contribution in [2.75, 3.05) is 0 Å². The molecule has 1 aliphatic rings. The number of para-hydroxylation sites is 1. The van der Waals surface area contributed by atoms with Crippen LogP contribution in [0.3, 0.4) is 0 Å². The Kier molecular flexibility index (Phi) is 3.96. The summed E-state index contributed by atoms with van der Waals surface area (Å²) in [5.41, 5.74) is 2.04. The Bertz CT molecular complexity index is 702. The molecule has 112 valence electrons. The maximum atomic E-state index is 12.8. The van der Waals surface area contributed by atoms with Crippen LogP contribution in [0.1, 0.15) is 35.9 Å². The molecule has 0 fully saturated rings. The SMILES string of the molecule is CC(C)O/C=C1\C(=O)c2ccccc2OC1c1ccccc1. The van der Waals surface area contributed by atoms with Gasteiger partial charge in [0.25, 0.3) is 0 Å². The van der Waals surface area contributed by atoms with Crippen LogP contribution in [0.4, 0.5) is 0 Å². The molecule has 1 unspecified atom stereocenters. The molecule has 1 aliphatic heterocycles. The molecule has 1 atom stereocenters. The number of carbonyl (C=O) groups is 1. The molecule has 0 aliphatic carbocycles. The minimum atomic E-state index is -0.442. The molecule has 3 nitrogen and oxygen atoms in total. The van der Waals surface area contributed by atoms with Gasteiger partial charge in [-0.1, -0.05) is 42.5 Å². The molecular formula is C19H18O3. The molecule has 0 saturated heterocycles. The zero-order chi connectivity index (χ0) is 15.5. The summed E-state index contributed by atoms with van der Waals surface area (Å²) in [6, 6.07) is 17.0. The fourth-order valence-corrected chi connectivity index (χ4v) is 2.42. The van der Waals surface area contributed by atoms with Crippen molar-refractivity contribution in [1.82, 2.24) is 0 Å². The Morgan fingerprint density at radius 1 is 1.05 bits per heavy atom. The lowest BCUT2D eigenvalue weighted by molar-refractivity contribution is 0.0937. The van der Waals surface area contributed by atoms with Gasteiger partial charge in [0, 0.05) is 0 Å². The van der Waals surface area contributed by atoms with Gasteiger partial charge < -0.3 is 9.47 Å². The summed E-state index contributed by atoms with van der Waals surface area (Å²) in [5, 5.41) is 0. The van der Waals surface area contributed by atoms with Gasteiger partial charge >= 0.3 is 0 Å². The van der Waals surface area contributed by atoms with Gasteiger partial charge in [0.15, 0.2) is 11.9 Å². The van der Waals surface area contributed by atoms with E-state index in [1.807, 2.05) is 62.4 Å². The van der Waals surface area contributed by atoms with E-state index in [-0.39, 0.29) is 11.9 Å². The second-order valence-electron chi connectivity index (χ2n) is 5.49. The summed E-state index contributed by atoms with van der Waals surface area (Å²) in [6.07, 6.45) is 1.11. The van der Waals surface area contributed by atoms with E-state index in [0.29, 0.717) is 16.9 Å². The van der Waals surface area contributed by atoms with Crippen LogP contribution in [-0.4, -0.2) is 11.9 Å². The largest absolute Gasteiger partial charge is 0.498 e. The van der Waals surface area contributed by atoms with Crippen LogP contribution in [0.5, 0.6) is 5.75 Å². The number of carbonyl (C=O) groups excluding carboxylic acids is 1. The molecule has 22 heavy (non-hydrogen) atoms. The number of fused-ring (bicyclic) bond motifs is 1. The van der Waals surface area contributed by atoms with E-state index in [2.05, 4.69) is 0 Å². The van der Waals surface area contributed by atoms with Crippen LogP contribution in [0, 0.1) is 0 Å². The minimum absolute atomic E-state index is 0.00823. The zero-order valence-electron chi connectivity index (χ0n) is 12.7. The molecule has 0 N–H and O–H groups in total. The lowest BCUT2D eigenvalue weighted by Gasteiger charge is -2.28. The van der Waals surface area contributed by atoms with E-state index < -0.39 is 6.10 Å². The third kappa shape index (κ3) is 2.75. The second kappa shape index (κ2) is 6.06. The highest BCUT2D eigenvalue weighted by atomic mass is 16.5. The van der Waals surface area contributed by atoms with E-state index in [4.69, 9.17) is 9.47 Å². The number of hydrogen-bond donors (Lipinski definition) is 0. The van der Waals surface area contributed by atoms with E-state index in [1.54, 1.807) is 12.3 Å². The first kappa shape index (κ1) is 14.4. The van der Waals surface area contributed by atoms with Crippen LogP contribution in [0.15, 0.2) is 66.4 Å². The molecule has 3 heteroatoms. The van der Waals surface area contributed by atoms with Gasteiger partial charge in [0.2, 0.25) is 0 Å². The van der Waals surface area contributed by atoms with Crippen molar-refractivity contribution in [3.8, 4) is 5.75 Å². The van der Waals surface area contributed by atoms with Gasteiger partial charge in [-0.3, -0.25) is 4.79 Å². The van der Waals surface area contributed by atoms with Gasteiger partial charge in [0.05, 0.1) is 23.5 Å². The predicted octanol–water partition coefficient (Wildman–Crippen LogP) is 4.31. The van der Waals surface area contributed by atoms with Crippen molar-refractivity contribution in [3.05, 3.63) is 77.6 Å². The lowest BCUT2D eigenvalue weighted by atomic mass is 9.92. The summed E-state index contributed by atoms with van der Waals surface area (Å²) < 4.78 is 11.6. The van der Waals surface area contributed by atoms with Crippen molar-refractivity contribution >= 4 is 5.78 Å². The number of ketones is 1.